The molecule has 6 nitrogen and oxygen atoms in total. The predicted octanol–water partition coefficient (Wildman–Crippen LogP) is 3.55. The number of ether oxygens (including phenoxy) is 1. The van der Waals surface area contributed by atoms with Crippen molar-refractivity contribution in [1.29, 1.82) is 0 Å². The summed E-state index contributed by atoms with van der Waals surface area (Å²) in [6, 6.07) is 0.307. The number of rotatable bonds is 5. The van der Waals surface area contributed by atoms with Crippen molar-refractivity contribution in [3.63, 3.8) is 0 Å². The van der Waals surface area contributed by atoms with E-state index in [0.717, 1.165) is 75.7 Å². The highest BCUT2D eigenvalue weighted by Gasteiger charge is 2.30. The Bertz CT molecular complexity index is 819. The van der Waals surface area contributed by atoms with Gasteiger partial charge in [-0.05, 0) is 45.6 Å². The number of fused-ring (bicyclic) bond motifs is 1. The summed E-state index contributed by atoms with van der Waals surface area (Å²) in [4.78, 5) is 19.1. The summed E-state index contributed by atoms with van der Waals surface area (Å²) in [6.07, 6.45) is 2.81. The normalized spacial score (nSPS) is 18.2. The second-order valence-corrected chi connectivity index (χ2v) is 8.71. The topological polar surface area (TPSA) is 58.8 Å². The Balaban J connectivity index is 1.48. The molecule has 1 fully saturated rings. The van der Waals surface area contributed by atoms with Gasteiger partial charge in [-0.25, -0.2) is 0 Å². The first kappa shape index (κ1) is 19.6. The van der Waals surface area contributed by atoms with Crippen LogP contribution in [0.15, 0.2) is 9.90 Å². The molecule has 1 amide bonds. The van der Waals surface area contributed by atoms with E-state index in [9.17, 15) is 4.79 Å². The maximum Gasteiger partial charge on any atom is 0.255 e. The Morgan fingerprint density at radius 2 is 2.14 bits per heavy atom. The molecule has 0 bridgehead atoms. The minimum atomic E-state index is 0.200. The molecule has 0 spiro atoms. The highest BCUT2D eigenvalue weighted by atomic mass is 32.1. The van der Waals surface area contributed by atoms with Gasteiger partial charge >= 0.3 is 0 Å². The molecule has 0 aliphatic carbocycles. The van der Waals surface area contributed by atoms with E-state index in [1.807, 2.05) is 13.8 Å². The van der Waals surface area contributed by atoms with E-state index in [1.54, 1.807) is 11.3 Å². The molecule has 0 N–H and O–H groups in total. The molecule has 0 aromatic carbocycles. The number of hydrogen-bond acceptors (Lipinski definition) is 6. The lowest BCUT2D eigenvalue weighted by Gasteiger charge is -2.34. The van der Waals surface area contributed by atoms with Crippen LogP contribution in [0.2, 0.25) is 0 Å². The minimum Gasteiger partial charge on any atom is -0.381 e. The SMILES string of the molecule is CCN(C(=O)c1csc2c1CCN(Cc1c(C)noc1C)C2)C1CCOCC1. The van der Waals surface area contributed by atoms with Gasteiger partial charge < -0.3 is 14.2 Å². The number of aryl methyl sites for hydroxylation is 2. The third-order valence-corrected chi connectivity index (χ3v) is 7.07. The van der Waals surface area contributed by atoms with Crippen molar-refractivity contribution >= 4 is 17.2 Å². The highest BCUT2D eigenvalue weighted by molar-refractivity contribution is 7.10. The Kier molecular flexibility index (Phi) is 5.85. The van der Waals surface area contributed by atoms with Crippen molar-refractivity contribution in [2.45, 2.75) is 59.2 Å². The molecule has 2 aromatic rings. The first-order valence-electron chi connectivity index (χ1n) is 10.2. The number of amides is 1. The van der Waals surface area contributed by atoms with Crippen LogP contribution in [-0.2, 0) is 24.2 Å². The van der Waals surface area contributed by atoms with Crippen molar-refractivity contribution in [3.05, 3.63) is 38.4 Å². The summed E-state index contributed by atoms with van der Waals surface area (Å²) >= 11 is 1.73. The van der Waals surface area contributed by atoms with E-state index in [4.69, 9.17) is 9.26 Å². The minimum absolute atomic E-state index is 0.200. The molecule has 4 rings (SSSR count). The Morgan fingerprint density at radius 1 is 1.36 bits per heavy atom. The standard InChI is InChI=1S/C21H29N3O3S/c1-4-24(16-6-9-26-10-7-16)21(25)19-13-28-20-12-23(8-5-17(19)20)11-18-14(2)22-27-15(18)3/h13,16H,4-12H2,1-3H3. The molecule has 4 heterocycles. The Labute approximate surface area is 170 Å². The fraction of sp³-hybridized carbons (Fsp3) is 0.619. The molecule has 7 heteroatoms. The second-order valence-electron chi connectivity index (χ2n) is 7.75. The van der Waals surface area contributed by atoms with Crippen molar-refractivity contribution in [2.75, 3.05) is 26.3 Å². The van der Waals surface area contributed by atoms with E-state index in [1.165, 1.54) is 16.0 Å². The summed E-state index contributed by atoms with van der Waals surface area (Å²) in [7, 11) is 0. The third-order valence-electron chi connectivity index (χ3n) is 6.05. The lowest BCUT2D eigenvalue weighted by Crippen LogP contribution is -2.43. The Morgan fingerprint density at radius 3 is 2.82 bits per heavy atom. The zero-order valence-corrected chi connectivity index (χ0v) is 17.8. The van der Waals surface area contributed by atoms with E-state index in [0.29, 0.717) is 6.04 Å². The van der Waals surface area contributed by atoms with Crippen LogP contribution in [0.5, 0.6) is 0 Å². The molecular weight excluding hydrogens is 374 g/mol. The van der Waals surface area contributed by atoms with Crippen molar-refractivity contribution < 1.29 is 14.1 Å². The van der Waals surface area contributed by atoms with Gasteiger partial charge in [-0.15, -0.1) is 11.3 Å². The molecule has 2 aliphatic rings. The lowest BCUT2D eigenvalue weighted by molar-refractivity contribution is 0.0305. The number of nitrogens with zero attached hydrogens (tertiary/aromatic N) is 3. The van der Waals surface area contributed by atoms with E-state index in [2.05, 4.69) is 27.3 Å². The summed E-state index contributed by atoms with van der Waals surface area (Å²) in [5.74, 6) is 1.10. The summed E-state index contributed by atoms with van der Waals surface area (Å²) in [6.45, 7) is 11.0. The van der Waals surface area contributed by atoms with Crippen LogP contribution in [0.3, 0.4) is 0 Å². The van der Waals surface area contributed by atoms with Gasteiger partial charge in [-0.2, -0.15) is 0 Å². The van der Waals surface area contributed by atoms with Crippen LogP contribution in [0, 0.1) is 13.8 Å². The number of aromatic nitrogens is 1. The Hall–Kier alpha value is -1.70. The first-order valence-corrected chi connectivity index (χ1v) is 11.1. The molecule has 0 saturated carbocycles. The molecule has 152 valence electrons. The molecule has 2 aromatic heterocycles. The number of carbonyl (C=O) groups excluding carboxylic acids is 1. The number of thiophene rings is 1. The number of hydrogen-bond donors (Lipinski definition) is 0. The zero-order valence-electron chi connectivity index (χ0n) is 17.0. The maximum atomic E-state index is 13.3. The number of carbonyl (C=O) groups is 1. The van der Waals surface area contributed by atoms with E-state index in [-0.39, 0.29) is 5.91 Å². The molecule has 0 radical (unpaired) electrons. The fourth-order valence-corrected chi connectivity index (χ4v) is 5.48. The average molecular weight is 404 g/mol. The summed E-state index contributed by atoms with van der Waals surface area (Å²) in [5, 5.41) is 6.15. The van der Waals surface area contributed by atoms with Crippen LogP contribution in [0.25, 0.3) is 0 Å². The van der Waals surface area contributed by atoms with Gasteiger partial charge in [0.1, 0.15) is 5.76 Å². The molecule has 28 heavy (non-hydrogen) atoms. The van der Waals surface area contributed by atoms with Gasteiger partial charge in [-0.3, -0.25) is 9.69 Å². The quantitative estimate of drug-likeness (QED) is 0.764. The third kappa shape index (κ3) is 3.75. The van der Waals surface area contributed by atoms with Gasteiger partial charge in [0.25, 0.3) is 5.91 Å². The van der Waals surface area contributed by atoms with Crippen molar-refractivity contribution in [3.8, 4) is 0 Å². The molecule has 1 saturated heterocycles. The van der Waals surface area contributed by atoms with Crippen LogP contribution < -0.4 is 0 Å². The van der Waals surface area contributed by atoms with Gasteiger partial charge in [-0.1, -0.05) is 5.16 Å². The monoisotopic (exact) mass is 403 g/mol. The van der Waals surface area contributed by atoms with Crippen LogP contribution in [0.1, 0.15) is 57.6 Å². The van der Waals surface area contributed by atoms with Gasteiger partial charge in [0.05, 0.1) is 11.3 Å². The lowest BCUT2D eigenvalue weighted by atomic mass is 10.00. The van der Waals surface area contributed by atoms with Gasteiger partial charge in [0.2, 0.25) is 0 Å². The zero-order chi connectivity index (χ0) is 19.7. The summed E-state index contributed by atoms with van der Waals surface area (Å²) < 4.78 is 10.8. The smallest absolute Gasteiger partial charge is 0.255 e. The predicted molar refractivity (Wildman–Crippen MR) is 109 cm³/mol. The van der Waals surface area contributed by atoms with Crippen LogP contribution >= 0.6 is 11.3 Å². The first-order chi connectivity index (χ1) is 13.6. The van der Waals surface area contributed by atoms with Crippen LogP contribution in [-0.4, -0.2) is 53.2 Å². The average Bonchev–Trinajstić information content (AvgIpc) is 3.27. The summed E-state index contributed by atoms with van der Waals surface area (Å²) in [5.41, 5.74) is 4.34. The fourth-order valence-electron chi connectivity index (χ4n) is 4.37. The molecule has 0 unspecified atom stereocenters. The van der Waals surface area contributed by atoms with Crippen molar-refractivity contribution in [1.82, 2.24) is 15.0 Å². The van der Waals surface area contributed by atoms with Gasteiger partial charge in [0.15, 0.2) is 0 Å². The molecule has 2 aliphatic heterocycles. The second kappa shape index (κ2) is 8.35. The molecular formula is C21H29N3O3S. The van der Waals surface area contributed by atoms with Gasteiger partial charge in [0, 0.05) is 61.3 Å². The largest absolute Gasteiger partial charge is 0.381 e. The van der Waals surface area contributed by atoms with E-state index >= 15 is 0 Å². The maximum absolute atomic E-state index is 13.3. The van der Waals surface area contributed by atoms with E-state index < -0.39 is 0 Å². The highest BCUT2D eigenvalue weighted by Crippen LogP contribution is 2.31. The van der Waals surface area contributed by atoms with Crippen molar-refractivity contribution in [2.24, 2.45) is 0 Å². The van der Waals surface area contributed by atoms with Crippen LogP contribution in [0.4, 0.5) is 0 Å². The molecule has 0 atom stereocenters.